The van der Waals surface area contributed by atoms with Gasteiger partial charge in [0.2, 0.25) is 15.8 Å². The van der Waals surface area contributed by atoms with Crippen LogP contribution in [0.15, 0.2) is 35.5 Å². The van der Waals surface area contributed by atoms with Crippen molar-refractivity contribution < 1.29 is 31.5 Å². The Morgan fingerprint density at radius 1 is 1.12 bits per heavy atom. The van der Waals surface area contributed by atoms with Crippen LogP contribution in [0.1, 0.15) is 28.1 Å². The summed E-state index contributed by atoms with van der Waals surface area (Å²) in [5, 5.41) is 3.46. The van der Waals surface area contributed by atoms with Gasteiger partial charge in [-0.25, -0.2) is 32.2 Å². The quantitative estimate of drug-likeness (QED) is 0.325. The van der Waals surface area contributed by atoms with Gasteiger partial charge in [-0.1, -0.05) is 17.4 Å². The lowest BCUT2D eigenvalue weighted by molar-refractivity contribution is 0.0317. The van der Waals surface area contributed by atoms with E-state index < -0.39 is 33.0 Å². The molecule has 0 aliphatic carbocycles. The van der Waals surface area contributed by atoms with E-state index in [0.717, 1.165) is 36.6 Å². The Morgan fingerprint density at radius 3 is 2.44 bits per heavy atom. The number of nitrogens with zero attached hydrogens (tertiary/aromatic N) is 5. The fraction of sp³-hybridized carbons (Fsp3) is 0.440. The number of hydrogen-bond acceptors (Lipinski definition) is 12. The standard InChI is InChI=1S/C25H29F2N7O5S2/c26-18-2-1-3-19(27)20(18)21(35)22-23(28)32-25(40-22)31-16-4-6-34(7-5-16)41(36,37)17-14-29-24(30-15-17)39-13-10-33-8-11-38-12-9-33/h1-3,14-16H,4-13,28H2,(H,31,32). The number of aromatic nitrogens is 3. The summed E-state index contributed by atoms with van der Waals surface area (Å²) in [6.45, 7) is 4.59. The number of ether oxygens (including phenoxy) is 2. The average Bonchev–Trinajstić information content (AvgIpc) is 3.33. The van der Waals surface area contributed by atoms with Crippen molar-refractivity contribution in [2.75, 3.05) is 63.6 Å². The monoisotopic (exact) mass is 609 g/mol. The maximum atomic E-state index is 14.1. The summed E-state index contributed by atoms with van der Waals surface area (Å²) in [5.41, 5.74) is 5.19. The van der Waals surface area contributed by atoms with Gasteiger partial charge in [-0.2, -0.15) is 4.31 Å². The average molecular weight is 610 g/mol. The first kappa shape index (κ1) is 29.2. The van der Waals surface area contributed by atoms with E-state index in [2.05, 4.69) is 25.2 Å². The second-order valence-corrected chi connectivity index (χ2v) is 12.4. The van der Waals surface area contributed by atoms with E-state index in [1.807, 2.05) is 0 Å². The second-order valence-electron chi connectivity index (χ2n) is 9.49. The fourth-order valence-electron chi connectivity index (χ4n) is 4.55. The van der Waals surface area contributed by atoms with Gasteiger partial charge in [0.25, 0.3) is 0 Å². The number of hydrogen-bond donors (Lipinski definition) is 2. The van der Waals surface area contributed by atoms with Crippen LogP contribution in [0.5, 0.6) is 6.01 Å². The molecule has 2 fully saturated rings. The molecule has 2 saturated heterocycles. The number of rotatable bonds is 10. The largest absolute Gasteiger partial charge is 0.462 e. The van der Waals surface area contributed by atoms with E-state index >= 15 is 0 Å². The van der Waals surface area contributed by atoms with E-state index in [1.165, 1.54) is 22.8 Å². The maximum absolute atomic E-state index is 14.1. The third-order valence-electron chi connectivity index (χ3n) is 6.82. The van der Waals surface area contributed by atoms with E-state index in [0.29, 0.717) is 44.3 Å². The summed E-state index contributed by atoms with van der Waals surface area (Å²) < 4.78 is 66.7. The minimum atomic E-state index is -3.81. The Bertz CT molecular complexity index is 1460. The molecule has 0 saturated carbocycles. The predicted octanol–water partition coefficient (Wildman–Crippen LogP) is 2.00. The highest BCUT2D eigenvalue weighted by molar-refractivity contribution is 7.89. The molecule has 2 aromatic heterocycles. The number of carbonyl (C=O) groups is 1. The fourth-order valence-corrected chi connectivity index (χ4v) is 6.82. The number of benzene rings is 1. The van der Waals surface area contributed by atoms with Gasteiger partial charge >= 0.3 is 6.01 Å². The maximum Gasteiger partial charge on any atom is 0.316 e. The summed E-state index contributed by atoms with van der Waals surface area (Å²) in [6, 6.07) is 3.12. The van der Waals surface area contributed by atoms with Gasteiger partial charge in [0, 0.05) is 38.8 Å². The number of nitrogens with two attached hydrogens (primary N) is 1. The number of nitrogen functional groups attached to an aromatic ring is 1. The molecule has 16 heteroatoms. The predicted molar refractivity (Wildman–Crippen MR) is 147 cm³/mol. The zero-order chi connectivity index (χ0) is 29.0. The van der Waals surface area contributed by atoms with Crippen molar-refractivity contribution in [3.63, 3.8) is 0 Å². The van der Waals surface area contributed by atoms with Crippen molar-refractivity contribution in [2.24, 2.45) is 0 Å². The molecule has 2 aliphatic rings. The van der Waals surface area contributed by atoms with Crippen LogP contribution in [0.3, 0.4) is 0 Å². The number of halogens is 2. The molecule has 0 bridgehead atoms. The molecule has 0 atom stereocenters. The first-order valence-electron chi connectivity index (χ1n) is 13.0. The van der Waals surface area contributed by atoms with Crippen LogP contribution in [0.2, 0.25) is 0 Å². The molecule has 0 spiro atoms. The zero-order valence-corrected chi connectivity index (χ0v) is 23.6. The van der Waals surface area contributed by atoms with Gasteiger partial charge in [0.1, 0.15) is 33.8 Å². The third-order valence-corrected chi connectivity index (χ3v) is 9.67. The van der Waals surface area contributed by atoms with Crippen LogP contribution in [-0.2, 0) is 14.8 Å². The van der Waals surface area contributed by atoms with Gasteiger partial charge in [-0.15, -0.1) is 0 Å². The lowest BCUT2D eigenvalue weighted by Crippen LogP contribution is -2.42. The highest BCUT2D eigenvalue weighted by Gasteiger charge is 2.31. The SMILES string of the molecule is Nc1nc(NC2CCN(S(=O)(=O)c3cnc(OCCN4CCOCC4)nc3)CC2)sc1C(=O)c1c(F)cccc1F. The van der Waals surface area contributed by atoms with Gasteiger partial charge < -0.3 is 20.5 Å². The van der Waals surface area contributed by atoms with E-state index in [9.17, 15) is 22.0 Å². The van der Waals surface area contributed by atoms with Crippen LogP contribution in [-0.4, -0.2) is 96.9 Å². The Hall–Kier alpha value is -3.31. The number of nitrogens with one attached hydrogen (secondary N) is 1. The molecule has 5 rings (SSSR count). The minimum Gasteiger partial charge on any atom is -0.462 e. The number of morpholine rings is 1. The number of sulfonamides is 1. The van der Waals surface area contributed by atoms with Gasteiger partial charge in [0.15, 0.2) is 5.13 Å². The molecule has 3 aromatic rings. The molecule has 220 valence electrons. The number of ketones is 1. The molecule has 3 N–H and O–H groups in total. The Kier molecular flexibility index (Phi) is 9.03. The zero-order valence-electron chi connectivity index (χ0n) is 22.0. The van der Waals surface area contributed by atoms with Crippen LogP contribution in [0, 0.1) is 11.6 Å². The normalized spacial score (nSPS) is 17.4. The van der Waals surface area contributed by atoms with Crippen molar-refractivity contribution in [1.29, 1.82) is 0 Å². The minimum absolute atomic E-state index is 0.0272. The van der Waals surface area contributed by atoms with E-state index in [-0.39, 0.29) is 40.7 Å². The molecular weight excluding hydrogens is 580 g/mol. The number of carbonyl (C=O) groups excluding carboxylic acids is 1. The Morgan fingerprint density at radius 2 is 1.78 bits per heavy atom. The summed E-state index contributed by atoms with van der Waals surface area (Å²) in [6.07, 6.45) is 3.39. The van der Waals surface area contributed by atoms with Crippen molar-refractivity contribution in [3.05, 3.63) is 52.7 Å². The second kappa shape index (κ2) is 12.7. The molecule has 4 heterocycles. The molecule has 2 aliphatic heterocycles. The first-order chi connectivity index (χ1) is 19.7. The van der Waals surface area contributed by atoms with Crippen molar-refractivity contribution in [3.8, 4) is 6.01 Å². The Balaban J connectivity index is 1.13. The van der Waals surface area contributed by atoms with Crippen LogP contribution in [0.25, 0.3) is 0 Å². The summed E-state index contributed by atoms with van der Waals surface area (Å²) >= 11 is 0.893. The van der Waals surface area contributed by atoms with Crippen LogP contribution in [0.4, 0.5) is 19.7 Å². The van der Waals surface area contributed by atoms with Crippen molar-refractivity contribution >= 4 is 38.1 Å². The van der Waals surface area contributed by atoms with Gasteiger partial charge in [0.05, 0.1) is 31.2 Å². The summed E-state index contributed by atoms with van der Waals surface area (Å²) in [5.74, 6) is -3.00. The van der Waals surface area contributed by atoms with Crippen LogP contribution < -0.4 is 15.8 Å². The Labute approximate surface area is 239 Å². The lowest BCUT2D eigenvalue weighted by atomic mass is 10.1. The van der Waals surface area contributed by atoms with Gasteiger partial charge in [-0.3, -0.25) is 9.69 Å². The van der Waals surface area contributed by atoms with E-state index in [4.69, 9.17) is 15.2 Å². The summed E-state index contributed by atoms with van der Waals surface area (Å²) in [4.78, 5) is 27.1. The highest BCUT2D eigenvalue weighted by atomic mass is 32.2. The molecule has 0 unspecified atom stereocenters. The van der Waals surface area contributed by atoms with Crippen LogP contribution >= 0.6 is 11.3 Å². The molecule has 0 radical (unpaired) electrons. The first-order valence-corrected chi connectivity index (χ1v) is 15.2. The van der Waals surface area contributed by atoms with E-state index in [1.54, 1.807) is 0 Å². The molecule has 12 nitrogen and oxygen atoms in total. The van der Waals surface area contributed by atoms with Crippen molar-refractivity contribution in [2.45, 2.75) is 23.8 Å². The lowest BCUT2D eigenvalue weighted by Gasteiger charge is -2.31. The number of piperidine rings is 1. The third kappa shape index (κ3) is 6.78. The smallest absolute Gasteiger partial charge is 0.316 e. The van der Waals surface area contributed by atoms with Gasteiger partial charge in [-0.05, 0) is 25.0 Å². The molecule has 0 amide bonds. The highest BCUT2D eigenvalue weighted by Crippen LogP contribution is 2.31. The topological polar surface area (TPSA) is 153 Å². The number of anilines is 2. The number of thiazole rings is 1. The molecule has 1 aromatic carbocycles. The molecule has 41 heavy (non-hydrogen) atoms. The molecular formula is C25H29F2N7O5S2. The summed E-state index contributed by atoms with van der Waals surface area (Å²) in [7, 11) is -3.81. The van der Waals surface area contributed by atoms with Crippen molar-refractivity contribution in [1.82, 2.24) is 24.2 Å².